The molecule has 1 heterocycles. The van der Waals surface area contributed by atoms with E-state index in [9.17, 15) is 9.59 Å². The van der Waals surface area contributed by atoms with E-state index in [4.69, 9.17) is 4.42 Å². The van der Waals surface area contributed by atoms with Crippen molar-refractivity contribution in [3.05, 3.63) is 83.6 Å². The van der Waals surface area contributed by atoms with Gasteiger partial charge in [0.05, 0.1) is 5.92 Å². The molecule has 0 radical (unpaired) electrons. The van der Waals surface area contributed by atoms with Crippen LogP contribution in [0.4, 0.5) is 0 Å². The number of carbonyl (C=O) groups is 2. The Morgan fingerprint density at radius 3 is 2.03 bits per heavy atom. The fraction of sp³-hybridized carbons (Fsp3) is 0.308. The van der Waals surface area contributed by atoms with Gasteiger partial charge in [0.25, 0.3) is 0 Å². The summed E-state index contributed by atoms with van der Waals surface area (Å²) in [6, 6.07) is 21.8. The summed E-state index contributed by atoms with van der Waals surface area (Å²) in [6.07, 6.45) is 2.94. The van der Waals surface area contributed by atoms with E-state index in [0.717, 1.165) is 47.5 Å². The van der Waals surface area contributed by atoms with Crippen LogP contribution in [0.2, 0.25) is 0 Å². The van der Waals surface area contributed by atoms with Gasteiger partial charge in [-0.2, -0.15) is 0 Å². The fourth-order valence-electron chi connectivity index (χ4n) is 3.95. The van der Waals surface area contributed by atoms with Crippen LogP contribution in [0.1, 0.15) is 56.4 Å². The second-order valence-electron chi connectivity index (χ2n) is 7.55. The highest BCUT2D eigenvalue weighted by atomic mass is 16.3. The first kappa shape index (κ1) is 20.8. The van der Waals surface area contributed by atoms with Crippen LogP contribution in [0.5, 0.6) is 0 Å². The van der Waals surface area contributed by atoms with Crippen LogP contribution in [0.3, 0.4) is 0 Å². The van der Waals surface area contributed by atoms with Crippen molar-refractivity contribution in [2.75, 3.05) is 0 Å². The van der Waals surface area contributed by atoms with Crippen LogP contribution in [-0.4, -0.2) is 11.6 Å². The lowest BCUT2D eigenvalue weighted by atomic mass is 9.76. The summed E-state index contributed by atoms with van der Waals surface area (Å²) >= 11 is 0. The van der Waals surface area contributed by atoms with Gasteiger partial charge < -0.3 is 4.42 Å². The third-order valence-corrected chi connectivity index (χ3v) is 5.33. The molecule has 150 valence electrons. The summed E-state index contributed by atoms with van der Waals surface area (Å²) in [4.78, 5) is 25.1. The highest BCUT2D eigenvalue weighted by Crippen LogP contribution is 2.41. The number of ketones is 2. The quantitative estimate of drug-likeness (QED) is 0.409. The monoisotopic (exact) mass is 388 g/mol. The zero-order valence-corrected chi connectivity index (χ0v) is 17.4. The molecule has 0 aliphatic carbocycles. The normalized spacial score (nSPS) is 12.1. The Hall–Kier alpha value is -2.94. The molecule has 3 heteroatoms. The van der Waals surface area contributed by atoms with Gasteiger partial charge in [-0.05, 0) is 31.9 Å². The molecule has 0 spiro atoms. The maximum atomic E-state index is 12.5. The average Bonchev–Trinajstić information content (AvgIpc) is 3.14. The molecular formula is C26H28O3. The van der Waals surface area contributed by atoms with Crippen molar-refractivity contribution in [3.8, 4) is 11.3 Å². The van der Waals surface area contributed by atoms with Gasteiger partial charge in [0, 0.05) is 23.5 Å². The molecule has 3 aromatic rings. The van der Waals surface area contributed by atoms with Crippen molar-refractivity contribution in [2.45, 2.75) is 46.0 Å². The highest BCUT2D eigenvalue weighted by Gasteiger charge is 2.35. The van der Waals surface area contributed by atoms with Gasteiger partial charge in [-0.1, -0.05) is 74.0 Å². The molecule has 2 aromatic carbocycles. The molecule has 0 aliphatic rings. The van der Waals surface area contributed by atoms with E-state index < -0.39 is 5.92 Å². The smallest absolute Gasteiger partial charge is 0.141 e. The summed E-state index contributed by atoms with van der Waals surface area (Å²) < 4.78 is 6.29. The number of rotatable bonds is 9. The molecule has 0 saturated heterocycles. The van der Waals surface area contributed by atoms with Gasteiger partial charge in [0.15, 0.2) is 0 Å². The third kappa shape index (κ3) is 4.73. The van der Waals surface area contributed by atoms with E-state index in [1.54, 1.807) is 0 Å². The molecule has 1 unspecified atom stereocenters. The second-order valence-corrected chi connectivity index (χ2v) is 7.55. The van der Waals surface area contributed by atoms with E-state index >= 15 is 0 Å². The Balaban J connectivity index is 2.22. The lowest BCUT2D eigenvalue weighted by Crippen LogP contribution is -2.28. The van der Waals surface area contributed by atoms with Crippen LogP contribution in [0.15, 0.2) is 71.1 Å². The van der Waals surface area contributed by atoms with Crippen molar-refractivity contribution in [2.24, 2.45) is 5.92 Å². The van der Waals surface area contributed by atoms with E-state index in [-0.39, 0.29) is 17.5 Å². The lowest BCUT2D eigenvalue weighted by Gasteiger charge is -2.24. The molecule has 1 aromatic heterocycles. The Bertz CT molecular complexity index is 940. The van der Waals surface area contributed by atoms with Crippen molar-refractivity contribution in [1.29, 1.82) is 0 Å². The molecule has 3 nitrogen and oxygen atoms in total. The van der Waals surface area contributed by atoms with Crippen LogP contribution in [-0.2, 0) is 16.0 Å². The number of hydrogen-bond acceptors (Lipinski definition) is 3. The summed E-state index contributed by atoms with van der Waals surface area (Å²) in [5.74, 6) is 0.283. The topological polar surface area (TPSA) is 47.3 Å². The number of carbonyl (C=O) groups excluding carboxylic acids is 2. The molecular weight excluding hydrogens is 360 g/mol. The van der Waals surface area contributed by atoms with Crippen LogP contribution in [0, 0.1) is 5.92 Å². The number of aryl methyl sites for hydroxylation is 1. The minimum Gasteiger partial charge on any atom is -0.461 e. The van der Waals surface area contributed by atoms with Crippen LogP contribution in [0.25, 0.3) is 11.3 Å². The molecule has 0 aliphatic heterocycles. The van der Waals surface area contributed by atoms with Crippen molar-refractivity contribution in [1.82, 2.24) is 0 Å². The van der Waals surface area contributed by atoms with Gasteiger partial charge in [-0.15, -0.1) is 0 Å². The minimum absolute atomic E-state index is 0.123. The Morgan fingerprint density at radius 1 is 0.897 bits per heavy atom. The first-order valence-electron chi connectivity index (χ1n) is 10.3. The SMILES string of the molecule is CCCCc1cc(C(c2ccccc2)C(C(C)=O)C(C)=O)c(-c2ccccc2)o1. The maximum Gasteiger partial charge on any atom is 0.141 e. The third-order valence-electron chi connectivity index (χ3n) is 5.33. The summed E-state index contributed by atoms with van der Waals surface area (Å²) in [7, 11) is 0. The van der Waals surface area contributed by atoms with Gasteiger partial charge in [0.1, 0.15) is 23.1 Å². The summed E-state index contributed by atoms with van der Waals surface area (Å²) in [5, 5.41) is 0. The van der Waals surface area contributed by atoms with Gasteiger partial charge in [-0.25, -0.2) is 0 Å². The molecule has 29 heavy (non-hydrogen) atoms. The minimum atomic E-state index is -0.739. The van der Waals surface area contributed by atoms with Gasteiger partial charge >= 0.3 is 0 Å². The van der Waals surface area contributed by atoms with Crippen molar-refractivity contribution >= 4 is 11.6 Å². The van der Waals surface area contributed by atoms with Crippen LogP contribution < -0.4 is 0 Å². The van der Waals surface area contributed by atoms with E-state index in [1.807, 2.05) is 60.7 Å². The van der Waals surface area contributed by atoms with Crippen LogP contribution >= 0.6 is 0 Å². The number of benzene rings is 2. The van der Waals surface area contributed by atoms with E-state index in [0.29, 0.717) is 0 Å². The number of furan rings is 1. The molecule has 1 atom stereocenters. The van der Waals surface area contributed by atoms with Gasteiger partial charge in [0.2, 0.25) is 0 Å². The molecule has 0 saturated carbocycles. The fourth-order valence-corrected chi connectivity index (χ4v) is 3.95. The maximum absolute atomic E-state index is 12.5. The molecule has 0 amide bonds. The number of Topliss-reactive ketones (excluding diaryl/α,β-unsaturated/α-hetero) is 2. The number of unbranched alkanes of at least 4 members (excludes halogenated alkanes) is 1. The standard InChI is InChI=1S/C26H28O3/c1-4-5-16-22-17-23(26(29-22)21-14-10-7-11-15-21)25(20-12-8-6-9-13-20)24(18(2)27)19(3)28/h6-15,17,24-25H,4-5,16H2,1-3H3. The Labute approximate surface area is 172 Å². The second kappa shape index (κ2) is 9.51. The molecule has 0 N–H and O–H groups in total. The lowest BCUT2D eigenvalue weighted by molar-refractivity contribution is -0.130. The zero-order chi connectivity index (χ0) is 20.8. The van der Waals surface area contributed by atoms with Crippen molar-refractivity contribution < 1.29 is 14.0 Å². The number of hydrogen-bond donors (Lipinski definition) is 0. The Kier molecular flexibility index (Phi) is 6.82. The zero-order valence-electron chi connectivity index (χ0n) is 17.4. The summed E-state index contributed by atoms with van der Waals surface area (Å²) in [6.45, 7) is 5.15. The van der Waals surface area contributed by atoms with Gasteiger partial charge in [-0.3, -0.25) is 9.59 Å². The Morgan fingerprint density at radius 2 is 1.48 bits per heavy atom. The predicted molar refractivity (Wildman–Crippen MR) is 116 cm³/mol. The average molecular weight is 389 g/mol. The molecule has 0 fully saturated rings. The van der Waals surface area contributed by atoms with E-state index in [1.165, 1.54) is 13.8 Å². The van der Waals surface area contributed by atoms with Crippen molar-refractivity contribution in [3.63, 3.8) is 0 Å². The highest BCUT2D eigenvalue weighted by molar-refractivity contribution is 6.02. The first-order valence-corrected chi connectivity index (χ1v) is 10.3. The molecule has 3 rings (SSSR count). The van der Waals surface area contributed by atoms with E-state index in [2.05, 4.69) is 13.0 Å². The predicted octanol–water partition coefficient (Wildman–Crippen LogP) is 6.22. The molecule has 0 bridgehead atoms. The first-order chi connectivity index (χ1) is 14.0. The largest absolute Gasteiger partial charge is 0.461 e. The summed E-state index contributed by atoms with van der Waals surface area (Å²) in [5.41, 5.74) is 2.81.